The molecule has 1 amide bonds. The molecule has 13 nitrogen and oxygen atoms in total. The minimum Gasteiger partial charge on any atom is -0.493 e. The number of hydrogen-bond acceptors (Lipinski definition) is 11. The Hall–Kier alpha value is -6.37. The van der Waals surface area contributed by atoms with Crippen molar-refractivity contribution in [3.63, 3.8) is 0 Å². The maximum Gasteiger partial charge on any atom is 0.310 e. The number of ether oxygens (including phenoxy) is 6. The lowest BCUT2D eigenvalue weighted by molar-refractivity contribution is -0.385. The summed E-state index contributed by atoms with van der Waals surface area (Å²) in [5.74, 6) is -0.895. The largest absolute Gasteiger partial charge is 0.493 e. The number of cyclic esters (lactones) is 1. The number of hydrogen-bond donors (Lipinski definition) is 1. The van der Waals surface area contributed by atoms with Crippen LogP contribution in [-0.4, -0.2) is 57.8 Å². The van der Waals surface area contributed by atoms with Crippen LogP contribution in [0.2, 0.25) is 0 Å². The van der Waals surface area contributed by atoms with E-state index in [2.05, 4.69) is 5.32 Å². The third-order valence-electron chi connectivity index (χ3n) is 9.58. The normalized spacial score (nSPS) is 20.1. The van der Waals surface area contributed by atoms with Gasteiger partial charge >= 0.3 is 5.97 Å². The fourth-order valence-corrected chi connectivity index (χ4v) is 7.29. The summed E-state index contributed by atoms with van der Waals surface area (Å²) < 4.78 is 34.0. The molecule has 3 aliphatic rings. The molecule has 2 aliphatic heterocycles. The number of fused-ring (bicyclic) bond motifs is 3. The topological polar surface area (TPSA) is 162 Å². The first kappa shape index (κ1) is 33.1. The summed E-state index contributed by atoms with van der Waals surface area (Å²) in [6.45, 7) is -0.0123. The Labute approximate surface area is 291 Å². The second kappa shape index (κ2) is 13.5. The molecule has 1 aliphatic carbocycles. The summed E-state index contributed by atoms with van der Waals surface area (Å²) in [7, 11) is 4.51. The van der Waals surface area contributed by atoms with Gasteiger partial charge in [0.1, 0.15) is 0 Å². The highest BCUT2D eigenvalue weighted by Crippen LogP contribution is 2.55. The number of benzene rings is 4. The molecule has 1 N–H and O–H groups in total. The Kier molecular flexibility index (Phi) is 8.77. The second-order valence-electron chi connectivity index (χ2n) is 12.1. The Morgan fingerprint density at radius 1 is 0.882 bits per heavy atom. The van der Waals surface area contributed by atoms with E-state index in [9.17, 15) is 24.5 Å². The molecule has 4 aromatic rings. The zero-order chi connectivity index (χ0) is 35.8. The molecule has 0 radical (unpaired) electrons. The van der Waals surface area contributed by atoms with Gasteiger partial charge in [0.25, 0.3) is 11.6 Å². The molecular weight excluding hydrogens is 660 g/mol. The van der Waals surface area contributed by atoms with Crippen LogP contribution in [0.4, 0.5) is 5.69 Å². The summed E-state index contributed by atoms with van der Waals surface area (Å²) in [5, 5.41) is 15.1. The first-order valence-corrected chi connectivity index (χ1v) is 16.0. The quantitative estimate of drug-likeness (QED) is 0.0558. The average molecular weight is 693 g/mol. The number of para-hydroxylation sites is 1. The molecule has 4 atom stereocenters. The first-order chi connectivity index (χ1) is 24.8. The van der Waals surface area contributed by atoms with Crippen molar-refractivity contribution in [3.8, 4) is 28.7 Å². The zero-order valence-electron chi connectivity index (χ0n) is 27.7. The molecule has 1 fully saturated rings. The van der Waals surface area contributed by atoms with Crippen molar-refractivity contribution in [2.75, 3.05) is 34.7 Å². The van der Waals surface area contributed by atoms with Crippen molar-refractivity contribution in [3.05, 3.63) is 116 Å². The standard InChI is InChI=1S/C38H32N2O11/c1-46-31-13-22(14-32(47-2)36(31)48-3)33-24-15-29-30(51-19-50-29)16-25(24)35(27-18-49-38(43)34(27)33)39-37(42)26(23-10-6-4-9-21(23)17-41)12-20-8-5-7-11-28(20)40(44)45/h4-17,27,33-35H,18-19H2,1-3H3,(H,39,42)/b26-12+/t27-,33+,34-,35+/m0/s1. The van der Waals surface area contributed by atoms with Crippen LogP contribution < -0.4 is 29.0 Å². The van der Waals surface area contributed by atoms with Crippen molar-refractivity contribution in [2.24, 2.45) is 11.8 Å². The monoisotopic (exact) mass is 692 g/mol. The number of nitrogens with one attached hydrogen (secondary N) is 1. The van der Waals surface area contributed by atoms with Crippen molar-refractivity contribution in [1.29, 1.82) is 0 Å². The Balaban J connectivity index is 1.39. The molecule has 2 heterocycles. The van der Waals surface area contributed by atoms with E-state index in [0.717, 1.165) is 0 Å². The number of aldehydes is 1. The van der Waals surface area contributed by atoms with Gasteiger partial charge in [-0.15, -0.1) is 0 Å². The highest BCUT2D eigenvalue weighted by molar-refractivity contribution is 6.25. The van der Waals surface area contributed by atoms with E-state index in [1.54, 1.807) is 54.6 Å². The van der Waals surface area contributed by atoms with Gasteiger partial charge in [-0.2, -0.15) is 0 Å². The molecule has 1 saturated heterocycles. The van der Waals surface area contributed by atoms with E-state index in [4.69, 9.17) is 28.4 Å². The van der Waals surface area contributed by atoms with E-state index in [-0.39, 0.29) is 41.4 Å². The van der Waals surface area contributed by atoms with Crippen LogP contribution in [0.25, 0.3) is 11.6 Å². The Morgan fingerprint density at radius 3 is 2.18 bits per heavy atom. The SMILES string of the molecule is COc1cc([C@@H]2c3cc4c(cc3[C@@H](NC(=O)/C(=C/c3ccccc3[N+](=O)[O-])c3ccccc3C=O)[C@H]3COC(=O)[C@H]23)OCO4)cc(OC)c1OC. The molecule has 0 saturated carbocycles. The van der Waals surface area contributed by atoms with Gasteiger partial charge in [0.2, 0.25) is 12.5 Å². The smallest absolute Gasteiger partial charge is 0.310 e. The van der Waals surface area contributed by atoms with Crippen molar-refractivity contribution in [2.45, 2.75) is 12.0 Å². The van der Waals surface area contributed by atoms with Gasteiger partial charge < -0.3 is 33.7 Å². The number of carbonyl (C=O) groups excluding carboxylic acids is 3. The van der Waals surface area contributed by atoms with Crippen LogP contribution >= 0.6 is 0 Å². The molecule has 13 heteroatoms. The van der Waals surface area contributed by atoms with Gasteiger partial charge in [0.05, 0.1) is 50.4 Å². The number of amides is 1. The minimum absolute atomic E-state index is 0.00260. The third-order valence-corrected chi connectivity index (χ3v) is 9.58. The maximum absolute atomic E-state index is 14.6. The van der Waals surface area contributed by atoms with Crippen LogP contribution in [0.15, 0.2) is 72.8 Å². The van der Waals surface area contributed by atoms with Gasteiger partial charge in [-0.1, -0.05) is 36.4 Å². The number of nitro groups is 1. The molecule has 7 rings (SSSR count). The highest BCUT2D eigenvalue weighted by Gasteiger charge is 2.53. The van der Waals surface area contributed by atoms with Crippen LogP contribution in [0.5, 0.6) is 28.7 Å². The van der Waals surface area contributed by atoms with Crippen LogP contribution in [0.1, 0.15) is 50.1 Å². The van der Waals surface area contributed by atoms with Gasteiger partial charge in [-0.3, -0.25) is 24.5 Å². The lowest BCUT2D eigenvalue weighted by Gasteiger charge is -2.39. The molecule has 0 aromatic heterocycles. The molecular formula is C38H32N2O11. The molecule has 260 valence electrons. The fraction of sp³-hybridized carbons (Fsp3) is 0.237. The van der Waals surface area contributed by atoms with E-state index in [0.29, 0.717) is 51.7 Å². The summed E-state index contributed by atoms with van der Waals surface area (Å²) in [6, 6.07) is 18.8. The van der Waals surface area contributed by atoms with Gasteiger partial charge in [0, 0.05) is 29.0 Å². The fourth-order valence-electron chi connectivity index (χ4n) is 7.29. The van der Waals surface area contributed by atoms with Crippen molar-refractivity contribution >= 4 is 35.5 Å². The Morgan fingerprint density at radius 2 is 1.53 bits per heavy atom. The number of methoxy groups -OCH3 is 3. The molecule has 0 unspecified atom stereocenters. The molecule has 4 aromatic carbocycles. The number of rotatable bonds is 10. The predicted octanol–water partition coefficient (Wildman–Crippen LogP) is 5.49. The van der Waals surface area contributed by atoms with E-state index < -0.39 is 40.6 Å². The lowest BCUT2D eigenvalue weighted by Crippen LogP contribution is -2.43. The number of nitro benzene ring substituents is 1. The molecule has 51 heavy (non-hydrogen) atoms. The molecule has 0 bridgehead atoms. The van der Waals surface area contributed by atoms with E-state index >= 15 is 0 Å². The lowest BCUT2D eigenvalue weighted by atomic mass is 9.65. The number of nitrogens with zero attached hydrogens (tertiary/aromatic N) is 1. The number of carbonyl (C=O) groups is 3. The summed E-state index contributed by atoms with van der Waals surface area (Å²) in [6.07, 6.45) is 2.01. The number of esters is 1. The molecule has 0 spiro atoms. The Bertz CT molecular complexity index is 2080. The van der Waals surface area contributed by atoms with Crippen LogP contribution in [0.3, 0.4) is 0 Å². The van der Waals surface area contributed by atoms with Gasteiger partial charge in [0.15, 0.2) is 29.3 Å². The van der Waals surface area contributed by atoms with Gasteiger partial charge in [-0.05, 0) is 58.7 Å². The summed E-state index contributed by atoms with van der Waals surface area (Å²) in [5.41, 5.74) is 2.46. The van der Waals surface area contributed by atoms with E-state index in [1.807, 2.05) is 0 Å². The van der Waals surface area contributed by atoms with Gasteiger partial charge in [-0.25, -0.2) is 0 Å². The summed E-state index contributed by atoms with van der Waals surface area (Å²) >= 11 is 0. The summed E-state index contributed by atoms with van der Waals surface area (Å²) in [4.78, 5) is 51.8. The van der Waals surface area contributed by atoms with Crippen molar-refractivity contribution in [1.82, 2.24) is 5.32 Å². The van der Waals surface area contributed by atoms with Crippen LogP contribution in [0, 0.1) is 22.0 Å². The average Bonchev–Trinajstić information content (AvgIpc) is 3.78. The van der Waals surface area contributed by atoms with Crippen molar-refractivity contribution < 1.29 is 47.7 Å². The first-order valence-electron chi connectivity index (χ1n) is 16.0. The van der Waals surface area contributed by atoms with Crippen LogP contribution in [-0.2, 0) is 14.3 Å². The minimum atomic E-state index is -0.797. The van der Waals surface area contributed by atoms with E-state index in [1.165, 1.54) is 45.6 Å². The third kappa shape index (κ3) is 5.75. The zero-order valence-corrected chi connectivity index (χ0v) is 27.7. The predicted molar refractivity (Wildman–Crippen MR) is 182 cm³/mol. The maximum atomic E-state index is 14.6. The highest BCUT2D eigenvalue weighted by atomic mass is 16.7. The second-order valence-corrected chi connectivity index (χ2v) is 12.1.